The molecule has 3 rings (SSSR count). The van der Waals surface area contributed by atoms with E-state index >= 15 is 0 Å². The molecule has 1 atom stereocenters. The van der Waals surface area contributed by atoms with Gasteiger partial charge >= 0.3 is 0 Å². The van der Waals surface area contributed by atoms with Gasteiger partial charge in [0, 0.05) is 24.6 Å². The second-order valence-corrected chi connectivity index (χ2v) is 4.58. The molecule has 17 heavy (non-hydrogen) atoms. The Bertz CT molecular complexity index is 439. The molecule has 0 aliphatic carbocycles. The van der Waals surface area contributed by atoms with Crippen molar-refractivity contribution in [2.45, 2.75) is 18.9 Å². The molecule has 4 heteroatoms. The smallest absolute Gasteiger partial charge is 0.251 e. The molecule has 2 N–H and O–H groups in total. The number of hydrogen-bond donors (Lipinski definition) is 2. The minimum atomic E-state index is 0.0217. The van der Waals surface area contributed by atoms with Crippen LogP contribution >= 0.6 is 0 Å². The van der Waals surface area contributed by atoms with Crippen LogP contribution in [-0.4, -0.2) is 31.6 Å². The number of hydrogen-bond acceptors (Lipinski definition) is 3. The molecule has 2 heterocycles. The molecule has 0 radical (unpaired) electrons. The van der Waals surface area contributed by atoms with Crippen molar-refractivity contribution in [2.75, 3.05) is 19.7 Å². The van der Waals surface area contributed by atoms with Crippen molar-refractivity contribution >= 4 is 5.91 Å². The predicted octanol–water partition coefficient (Wildman–Crippen LogP) is 0.713. The van der Waals surface area contributed by atoms with Crippen molar-refractivity contribution in [2.24, 2.45) is 0 Å². The zero-order valence-electron chi connectivity index (χ0n) is 9.66. The summed E-state index contributed by atoms with van der Waals surface area (Å²) in [6.07, 6.45) is 1.92. The second-order valence-electron chi connectivity index (χ2n) is 4.58. The Morgan fingerprint density at radius 3 is 3.24 bits per heavy atom. The zero-order valence-corrected chi connectivity index (χ0v) is 9.66. The van der Waals surface area contributed by atoms with Crippen LogP contribution in [0.3, 0.4) is 0 Å². The molecule has 4 nitrogen and oxygen atoms in total. The third kappa shape index (κ3) is 2.13. The first-order valence-electron chi connectivity index (χ1n) is 6.10. The number of rotatable bonds is 2. The summed E-state index contributed by atoms with van der Waals surface area (Å²) in [5.41, 5.74) is 1.88. The van der Waals surface area contributed by atoms with Crippen LogP contribution in [0.5, 0.6) is 5.75 Å². The maximum atomic E-state index is 12.0. The van der Waals surface area contributed by atoms with Gasteiger partial charge in [0.15, 0.2) is 0 Å². The molecular formula is C13H16N2O2. The molecule has 1 aromatic rings. The molecule has 0 aromatic heterocycles. The van der Waals surface area contributed by atoms with Gasteiger partial charge in [-0.15, -0.1) is 0 Å². The van der Waals surface area contributed by atoms with Crippen molar-refractivity contribution in [1.29, 1.82) is 0 Å². The highest BCUT2D eigenvalue weighted by Gasteiger charge is 2.19. The topological polar surface area (TPSA) is 50.4 Å². The van der Waals surface area contributed by atoms with Crippen molar-refractivity contribution in [3.63, 3.8) is 0 Å². The Hall–Kier alpha value is -1.55. The molecule has 0 spiro atoms. The lowest BCUT2D eigenvalue weighted by Crippen LogP contribution is -2.36. The Kier molecular flexibility index (Phi) is 2.73. The number of carbonyl (C=O) groups is 1. The molecular weight excluding hydrogens is 216 g/mol. The van der Waals surface area contributed by atoms with Crippen LogP contribution in [0.25, 0.3) is 0 Å². The zero-order chi connectivity index (χ0) is 11.7. The van der Waals surface area contributed by atoms with E-state index in [-0.39, 0.29) is 11.9 Å². The van der Waals surface area contributed by atoms with Gasteiger partial charge in [-0.1, -0.05) is 0 Å². The van der Waals surface area contributed by atoms with E-state index in [0.29, 0.717) is 0 Å². The molecule has 2 aliphatic heterocycles. The standard InChI is InChI=1S/C13H16N2O2/c16-13(15-11-3-5-14-8-11)10-1-2-12-9(7-10)4-6-17-12/h1-2,7,11,14H,3-6,8H2,(H,15,16). The van der Waals surface area contributed by atoms with Gasteiger partial charge in [-0.2, -0.15) is 0 Å². The Balaban J connectivity index is 1.72. The molecule has 90 valence electrons. The summed E-state index contributed by atoms with van der Waals surface area (Å²) in [6, 6.07) is 5.94. The summed E-state index contributed by atoms with van der Waals surface area (Å²) in [5, 5.41) is 6.28. The van der Waals surface area contributed by atoms with E-state index in [9.17, 15) is 4.79 Å². The quantitative estimate of drug-likeness (QED) is 0.789. The Labute approximate surface area is 100 Å². The monoisotopic (exact) mass is 232 g/mol. The van der Waals surface area contributed by atoms with Crippen molar-refractivity contribution in [3.8, 4) is 5.75 Å². The van der Waals surface area contributed by atoms with Crippen LogP contribution in [0.2, 0.25) is 0 Å². The summed E-state index contributed by atoms with van der Waals surface area (Å²) in [7, 11) is 0. The van der Waals surface area contributed by atoms with E-state index < -0.39 is 0 Å². The highest BCUT2D eigenvalue weighted by atomic mass is 16.5. The van der Waals surface area contributed by atoms with Crippen LogP contribution in [-0.2, 0) is 6.42 Å². The normalized spacial score (nSPS) is 22.0. The van der Waals surface area contributed by atoms with Crippen LogP contribution in [0.1, 0.15) is 22.3 Å². The summed E-state index contributed by atoms with van der Waals surface area (Å²) >= 11 is 0. The van der Waals surface area contributed by atoms with Gasteiger partial charge in [-0.3, -0.25) is 4.79 Å². The van der Waals surface area contributed by atoms with Gasteiger partial charge in [-0.25, -0.2) is 0 Å². The molecule has 1 fully saturated rings. The molecule has 1 saturated heterocycles. The van der Waals surface area contributed by atoms with Crippen LogP contribution < -0.4 is 15.4 Å². The van der Waals surface area contributed by atoms with Gasteiger partial charge in [-0.05, 0) is 36.7 Å². The summed E-state index contributed by atoms with van der Waals surface area (Å²) in [4.78, 5) is 12.0. The van der Waals surface area contributed by atoms with Gasteiger partial charge in [0.25, 0.3) is 5.91 Å². The third-order valence-electron chi connectivity index (χ3n) is 3.35. The van der Waals surface area contributed by atoms with Gasteiger partial charge < -0.3 is 15.4 Å². The first-order valence-corrected chi connectivity index (χ1v) is 6.10. The van der Waals surface area contributed by atoms with E-state index in [2.05, 4.69) is 10.6 Å². The summed E-state index contributed by atoms with van der Waals surface area (Å²) < 4.78 is 5.42. The highest BCUT2D eigenvalue weighted by molar-refractivity contribution is 5.94. The third-order valence-corrected chi connectivity index (χ3v) is 3.35. The van der Waals surface area contributed by atoms with Gasteiger partial charge in [0.05, 0.1) is 6.61 Å². The van der Waals surface area contributed by atoms with E-state index in [4.69, 9.17) is 4.74 Å². The molecule has 0 bridgehead atoms. The lowest BCUT2D eigenvalue weighted by Gasteiger charge is -2.11. The van der Waals surface area contributed by atoms with E-state index in [0.717, 1.165) is 49.4 Å². The number of carbonyl (C=O) groups excluding carboxylic acids is 1. The number of nitrogens with one attached hydrogen (secondary N) is 2. The molecule has 2 aliphatic rings. The maximum absolute atomic E-state index is 12.0. The average molecular weight is 232 g/mol. The van der Waals surface area contributed by atoms with Crippen molar-refractivity contribution in [1.82, 2.24) is 10.6 Å². The lowest BCUT2D eigenvalue weighted by atomic mass is 10.1. The number of ether oxygens (including phenoxy) is 1. The van der Waals surface area contributed by atoms with Crippen LogP contribution in [0.4, 0.5) is 0 Å². The van der Waals surface area contributed by atoms with Crippen molar-refractivity contribution in [3.05, 3.63) is 29.3 Å². The lowest BCUT2D eigenvalue weighted by molar-refractivity contribution is 0.0940. The minimum absolute atomic E-state index is 0.0217. The fraction of sp³-hybridized carbons (Fsp3) is 0.462. The first-order chi connectivity index (χ1) is 8.33. The highest BCUT2D eigenvalue weighted by Crippen LogP contribution is 2.25. The number of amides is 1. The van der Waals surface area contributed by atoms with E-state index in [1.165, 1.54) is 0 Å². The summed E-state index contributed by atoms with van der Waals surface area (Å²) in [5.74, 6) is 0.942. The van der Waals surface area contributed by atoms with E-state index in [1.807, 2.05) is 18.2 Å². The second kappa shape index (κ2) is 4.37. The number of fused-ring (bicyclic) bond motifs is 1. The molecule has 1 aromatic carbocycles. The fourth-order valence-corrected chi connectivity index (χ4v) is 2.37. The van der Waals surface area contributed by atoms with Gasteiger partial charge in [0.1, 0.15) is 5.75 Å². The minimum Gasteiger partial charge on any atom is -0.493 e. The van der Waals surface area contributed by atoms with Crippen LogP contribution in [0.15, 0.2) is 18.2 Å². The average Bonchev–Trinajstić information content (AvgIpc) is 2.97. The largest absolute Gasteiger partial charge is 0.493 e. The summed E-state index contributed by atoms with van der Waals surface area (Å²) in [6.45, 7) is 2.59. The number of benzene rings is 1. The maximum Gasteiger partial charge on any atom is 0.251 e. The Morgan fingerprint density at radius 2 is 2.41 bits per heavy atom. The molecule has 1 amide bonds. The molecule has 1 unspecified atom stereocenters. The van der Waals surface area contributed by atoms with Gasteiger partial charge in [0.2, 0.25) is 0 Å². The first kappa shape index (κ1) is 10.6. The van der Waals surface area contributed by atoms with E-state index in [1.54, 1.807) is 0 Å². The molecule has 0 saturated carbocycles. The fourth-order valence-electron chi connectivity index (χ4n) is 2.37. The SMILES string of the molecule is O=C(NC1CCNC1)c1ccc2c(c1)CCO2. The Morgan fingerprint density at radius 1 is 1.47 bits per heavy atom. The predicted molar refractivity (Wildman–Crippen MR) is 64.4 cm³/mol. The van der Waals surface area contributed by atoms with Crippen molar-refractivity contribution < 1.29 is 9.53 Å². The van der Waals surface area contributed by atoms with Crippen LogP contribution in [0, 0.1) is 0 Å².